The first-order chi connectivity index (χ1) is 4.38. The number of fused-ring (bicyclic) bond motifs is 1. The maximum Gasteiger partial charge on any atom is 0.0273 e. The number of hydrogen-bond donors (Lipinski definition) is 0. The smallest absolute Gasteiger partial charge is 0.0273 e. The second kappa shape index (κ2) is 1.61. The van der Waals surface area contributed by atoms with Gasteiger partial charge in [0.05, 0.1) is 0 Å². The molecule has 2 rings (SSSR count). The molecule has 0 radical (unpaired) electrons. The van der Waals surface area contributed by atoms with Gasteiger partial charge in [-0.3, -0.25) is 0 Å². The summed E-state index contributed by atoms with van der Waals surface area (Å²) >= 11 is 0. The molecule has 0 N–H and O–H groups in total. The van der Waals surface area contributed by atoms with E-state index in [2.05, 4.69) is 12.2 Å². The van der Waals surface area contributed by atoms with Crippen LogP contribution in [0.2, 0.25) is 0 Å². The molecule has 0 bridgehead atoms. The molecule has 0 aromatic heterocycles. The molecule has 0 unspecified atom stereocenters. The van der Waals surface area contributed by atoms with Crippen LogP contribution >= 0.6 is 0 Å². The SMILES string of the molecule is [2H][C@@H]1C[C@@H]2CCC=C[C@@H]21. The van der Waals surface area contributed by atoms with Crippen LogP contribution in [0, 0.1) is 11.8 Å². The summed E-state index contributed by atoms with van der Waals surface area (Å²) in [5, 5.41) is 0. The van der Waals surface area contributed by atoms with E-state index in [1.165, 1.54) is 12.8 Å². The summed E-state index contributed by atoms with van der Waals surface area (Å²) in [5.74, 6) is 1.52. The molecule has 2 aliphatic carbocycles. The van der Waals surface area contributed by atoms with Gasteiger partial charge in [-0.2, -0.15) is 0 Å². The van der Waals surface area contributed by atoms with Gasteiger partial charge in [0.15, 0.2) is 0 Å². The van der Waals surface area contributed by atoms with Gasteiger partial charge in [-0.1, -0.05) is 12.2 Å². The van der Waals surface area contributed by atoms with Gasteiger partial charge in [0, 0.05) is 1.37 Å². The second-order valence-corrected chi connectivity index (χ2v) is 2.81. The third kappa shape index (κ3) is 0.521. The molecule has 0 heterocycles. The molecular formula is C8H12. The van der Waals surface area contributed by atoms with Gasteiger partial charge in [-0.05, 0) is 37.5 Å². The summed E-state index contributed by atoms with van der Waals surface area (Å²) in [6.45, 7) is 0. The van der Waals surface area contributed by atoms with Crippen molar-refractivity contribution in [3.05, 3.63) is 12.2 Å². The van der Waals surface area contributed by atoms with Crippen LogP contribution in [-0.2, 0) is 0 Å². The topological polar surface area (TPSA) is 0 Å². The van der Waals surface area contributed by atoms with Crippen LogP contribution in [-0.4, -0.2) is 0 Å². The van der Waals surface area contributed by atoms with Crippen molar-refractivity contribution in [3.8, 4) is 0 Å². The Hall–Kier alpha value is -0.260. The number of allylic oxidation sites excluding steroid dienone is 2. The van der Waals surface area contributed by atoms with Crippen molar-refractivity contribution in [1.82, 2.24) is 0 Å². The molecule has 0 heteroatoms. The molecule has 2 aliphatic rings. The van der Waals surface area contributed by atoms with E-state index in [0.717, 1.165) is 12.3 Å². The minimum absolute atomic E-state index is 0.242. The summed E-state index contributed by atoms with van der Waals surface area (Å²) < 4.78 is 7.49. The van der Waals surface area contributed by atoms with Crippen molar-refractivity contribution in [3.63, 3.8) is 0 Å². The molecule has 0 aromatic carbocycles. The van der Waals surface area contributed by atoms with Crippen LogP contribution in [0.5, 0.6) is 0 Å². The van der Waals surface area contributed by atoms with Crippen LogP contribution in [0.4, 0.5) is 0 Å². The normalized spacial score (nSPS) is 54.0. The average Bonchev–Trinajstić information content (AvgIpc) is 1.86. The first kappa shape index (κ1) is 3.71. The Labute approximate surface area is 52.0 Å². The van der Waals surface area contributed by atoms with E-state index in [9.17, 15) is 0 Å². The number of rotatable bonds is 0. The molecule has 44 valence electrons. The van der Waals surface area contributed by atoms with Gasteiger partial charge < -0.3 is 0 Å². The fourth-order valence-electron chi connectivity index (χ4n) is 1.60. The van der Waals surface area contributed by atoms with E-state index in [0.29, 0.717) is 5.92 Å². The maximum atomic E-state index is 7.49. The minimum Gasteiger partial charge on any atom is -0.0882 e. The largest absolute Gasteiger partial charge is 0.0882 e. The van der Waals surface area contributed by atoms with Gasteiger partial charge in [0.2, 0.25) is 0 Å². The predicted molar refractivity (Wildman–Crippen MR) is 34.6 cm³/mol. The molecule has 0 amide bonds. The lowest BCUT2D eigenvalue weighted by molar-refractivity contribution is 0.203. The molecule has 1 fully saturated rings. The van der Waals surface area contributed by atoms with Gasteiger partial charge >= 0.3 is 0 Å². The van der Waals surface area contributed by atoms with E-state index < -0.39 is 0 Å². The molecule has 0 aliphatic heterocycles. The Balaban J connectivity index is 2.07. The predicted octanol–water partition coefficient (Wildman–Crippen LogP) is 2.36. The highest BCUT2D eigenvalue weighted by molar-refractivity contribution is 5.01. The third-order valence-corrected chi connectivity index (χ3v) is 2.32. The van der Waals surface area contributed by atoms with Crippen molar-refractivity contribution in [2.45, 2.75) is 25.7 Å². The van der Waals surface area contributed by atoms with Crippen molar-refractivity contribution in [1.29, 1.82) is 0 Å². The second-order valence-electron chi connectivity index (χ2n) is 2.81. The summed E-state index contributed by atoms with van der Waals surface area (Å²) in [6.07, 6.45) is 8.49. The summed E-state index contributed by atoms with van der Waals surface area (Å²) in [6, 6.07) is 0. The van der Waals surface area contributed by atoms with E-state index in [4.69, 9.17) is 1.37 Å². The van der Waals surface area contributed by atoms with Gasteiger partial charge in [-0.25, -0.2) is 0 Å². The first-order valence-corrected chi connectivity index (χ1v) is 3.47. The van der Waals surface area contributed by atoms with E-state index in [1.54, 1.807) is 0 Å². The van der Waals surface area contributed by atoms with Crippen LogP contribution < -0.4 is 0 Å². The van der Waals surface area contributed by atoms with Crippen LogP contribution in [0.3, 0.4) is 0 Å². The van der Waals surface area contributed by atoms with Gasteiger partial charge in [0.1, 0.15) is 0 Å². The molecular weight excluding hydrogens is 96.1 g/mol. The van der Waals surface area contributed by atoms with Crippen LogP contribution in [0.25, 0.3) is 0 Å². The average molecular weight is 109 g/mol. The fourth-order valence-corrected chi connectivity index (χ4v) is 1.60. The maximum absolute atomic E-state index is 7.49. The Morgan fingerprint density at radius 2 is 2.50 bits per heavy atom. The zero-order chi connectivity index (χ0) is 6.27. The quantitative estimate of drug-likeness (QED) is 0.419. The monoisotopic (exact) mass is 109 g/mol. The third-order valence-electron chi connectivity index (χ3n) is 2.32. The highest BCUT2D eigenvalue weighted by Crippen LogP contribution is 2.40. The lowest BCUT2D eigenvalue weighted by Crippen LogP contribution is -2.25. The highest BCUT2D eigenvalue weighted by atomic mass is 14.3. The van der Waals surface area contributed by atoms with Crippen molar-refractivity contribution >= 4 is 0 Å². The summed E-state index contributed by atoms with van der Waals surface area (Å²) in [4.78, 5) is 0. The van der Waals surface area contributed by atoms with E-state index >= 15 is 0 Å². The van der Waals surface area contributed by atoms with E-state index in [-0.39, 0.29) is 6.40 Å². The Kier molecular flexibility index (Phi) is 0.746. The van der Waals surface area contributed by atoms with Gasteiger partial charge in [0.25, 0.3) is 0 Å². The van der Waals surface area contributed by atoms with E-state index in [1.807, 2.05) is 0 Å². The molecule has 8 heavy (non-hydrogen) atoms. The standard InChI is InChI=1S/C8H12/c1-2-4-8-6-5-7(8)3-1/h1,3,7-8H,2,4-6H2/t7-,8+/m1/s1/i5D/t5-,7-,8+. The lowest BCUT2D eigenvalue weighted by atomic mass is 9.69. The van der Waals surface area contributed by atoms with Crippen molar-refractivity contribution in [2.75, 3.05) is 0 Å². The Morgan fingerprint density at radius 1 is 1.50 bits per heavy atom. The summed E-state index contributed by atoms with van der Waals surface area (Å²) in [5.41, 5.74) is 0. The van der Waals surface area contributed by atoms with Crippen molar-refractivity contribution in [2.24, 2.45) is 11.8 Å². The van der Waals surface area contributed by atoms with Gasteiger partial charge in [-0.15, -0.1) is 0 Å². The zero-order valence-electron chi connectivity index (χ0n) is 6.01. The molecule has 0 nitrogen and oxygen atoms in total. The van der Waals surface area contributed by atoms with Crippen LogP contribution in [0.15, 0.2) is 12.2 Å². The fraction of sp³-hybridized carbons (Fsp3) is 0.750. The zero-order valence-corrected chi connectivity index (χ0v) is 5.01. The van der Waals surface area contributed by atoms with Crippen molar-refractivity contribution < 1.29 is 1.37 Å². The first-order valence-electron chi connectivity index (χ1n) is 4.04. The summed E-state index contributed by atoms with van der Waals surface area (Å²) in [7, 11) is 0. The molecule has 0 spiro atoms. The molecule has 0 aromatic rings. The number of hydrogen-bond acceptors (Lipinski definition) is 0. The minimum atomic E-state index is 0.242. The molecule has 1 saturated carbocycles. The molecule has 0 saturated heterocycles. The Bertz CT molecular complexity index is 140. The Morgan fingerprint density at radius 3 is 3.12 bits per heavy atom. The highest BCUT2D eigenvalue weighted by Gasteiger charge is 2.29. The van der Waals surface area contributed by atoms with Crippen LogP contribution in [0.1, 0.15) is 27.0 Å². The molecule has 3 atom stereocenters. The lowest BCUT2D eigenvalue weighted by Gasteiger charge is -2.36.